The maximum Gasteiger partial charge on any atom is 0.251 e. The van der Waals surface area contributed by atoms with E-state index in [2.05, 4.69) is 50.7 Å². The van der Waals surface area contributed by atoms with Crippen LogP contribution in [0, 0.1) is 0 Å². The number of ether oxygens (including phenoxy) is 1. The lowest BCUT2D eigenvalue weighted by Gasteiger charge is -2.23. The smallest absolute Gasteiger partial charge is 0.251 e. The van der Waals surface area contributed by atoms with Gasteiger partial charge in [0.05, 0.1) is 40.8 Å². The summed E-state index contributed by atoms with van der Waals surface area (Å²) in [7, 11) is 6.34. The van der Waals surface area contributed by atoms with Crippen molar-refractivity contribution in [1.82, 2.24) is 5.32 Å². The lowest BCUT2D eigenvalue weighted by molar-refractivity contribution is -0.869. The van der Waals surface area contributed by atoms with Crippen LogP contribution in [0.1, 0.15) is 22.3 Å². The Bertz CT molecular complexity index is 946. The second kappa shape index (κ2) is 9.57. The Morgan fingerprint density at radius 2 is 1.66 bits per heavy atom. The molecule has 0 radical (unpaired) electrons. The second-order valence-electron chi connectivity index (χ2n) is 8.43. The normalized spacial score (nSPS) is 11.4. The number of carbonyl (C=O) groups excluding carboxylic acids is 1. The van der Waals surface area contributed by atoms with Gasteiger partial charge in [-0.05, 0) is 53.4 Å². The minimum Gasteiger partial charge on any atom is -0.494 e. The van der Waals surface area contributed by atoms with E-state index in [4.69, 9.17) is 4.74 Å². The summed E-state index contributed by atoms with van der Waals surface area (Å²) >= 11 is 0. The van der Waals surface area contributed by atoms with E-state index in [9.17, 15) is 4.79 Å². The summed E-state index contributed by atoms with van der Waals surface area (Å²) in [6.45, 7) is 2.24. The number of rotatable bonds is 9. The van der Waals surface area contributed by atoms with Crippen molar-refractivity contribution in [3.8, 4) is 5.75 Å². The van der Waals surface area contributed by atoms with Gasteiger partial charge < -0.3 is 14.5 Å². The van der Waals surface area contributed by atoms with Crippen LogP contribution in [0.4, 0.5) is 0 Å². The van der Waals surface area contributed by atoms with Gasteiger partial charge >= 0.3 is 0 Å². The SMILES string of the molecule is C[N+](C)(C)CCNC(=O)c1ccc2cc(OCCCc3ccccc3)ccc2c1. The fourth-order valence-electron chi connectivity index (χ4n) is 3.17. The number of nitrogens with one attached hydrogen (secondary N) is 1. The Kier molecular flexibility index (Phi) is 6.89. The third-order valence-corrected chi connectivity index (χ3v) is 4.86. The highest BCUT2D eigenvalue weighted by Crippen LogP contribution is 2.22. The average Bonchev–Trinajstić information content (AvgIpc) is 2.70. The van der Waals surface area contributed by atoms with E-state index >= 15 is 0 Å². The fourth-order valence-corrected chi connectivity index (χ4v) is 3.17. The first kappa shape index (κ1) is 20.9. The molecule has 1 amide bonds. The number of nitrogens with zero attached hydrogens (tertiary/aromatic N) is 1. The number of aryl methyl sites for hydroxylation is 1. The summed E-state index contributed by atoms with van der Waals surface area (Å²) in [5.41, 5.74) is 2.03. The highest BCUT2D eigenvalue weighted by Gasteiger charge is 2.10. The van der Waals surface area contributed by atoms with Crippen LogP contribution in [0.25, 0.3) is 10.8 Å². The maximum absolute atomic E-state index is 12.4. The molecule has 0 aliphatic rings. The van der Waals surface area contributed by atoms with Gasteiger partial charge in [0.2, 0.25) is 0 Å². The number of likely N-dealkylation sites (N-methyl/N-ethyl adjacent to an activating group) is 1. The van der Waals surface area contributed by atoms with Crippen LogP contribution < -0.4 is 10.1 Å². The van der Waals surface area contributed by atoms with Crippen molar-refractivity contribution in [1.29, 1.82) is 0 Å². The quantitative estimate of drug-likeness (QED) is 0.437. The van der Waals surface area contributed by atoms with Gasteiger partial charge in [-0.3, -0.25) is 4.79 Å². The van der Waals surface area contributed by atoms with E-state index in [-0.39, 0.29) is 5.91 Å². The van der Waals surface area contributed by atoms with Gasteiger partial charge in [-0.15, -0.1) is 0 Å². The van der Waals surface area contributed by atoms with Gasteiger partial charge in [-0.2, -0.15) is 0 Å². The predicted molar refractivity (Wildman–Crippen MR) is 119 cm³/mol. The molecular weight excluding hydrogens is 360 g/mol. The summed E-state index contributed by atoms with van der Waals surface area (Å²) in [6, 6.07) is 22.3. The van der Waals surface area contributed by atoms with Crippen molar-refractivity contribution in [3.05, 3.63) is 77.9 Å². The first-order valence-corrected chi connectivity index (χ1v) is 10.2. The number of hydrogen-bond acceptors (Lipinski definition) is 2. The second-order valence-corrected chi connectivity index (χ2v) is 8.43. The Morgan fingerprint density at radius 1 is 0.931 bits per heavy atom. The van der Waals surface area contributed by atoms with Gasteiger partial charge in [0.1, 0.15) is 5.75 Å². The lowest BCUT2D eigenvalue weighted by atomic mass is 10.1. The van der Waals surface area contributed by atoms with E-state index in [1.165, 1.54) is 5.56 Å². The molecule has 1 N–H and O–H groups in total. The summed E-state index contributed by atoms with van der Waals surface area (Å²) < 4.78 is 6.74. The van der Waals surface area contributed by atoms with Gasteiger partial charge in [0.25, 0.3) is 5.91 Å². The van der Waals surface area contributed by atoms with E-state index in [1.807, 2.05) is 42.5 Å². The summed E-state index contributed by atoms with van der Waals surface area (Å²) in [4.78, 5) is 12.4. The van der Waals surface area contributed by atoms with Crippen LogP contribution in [-0.4, -0.2) is 51.2 Å². The van der Waals surface area contributed by atoms with Gasteiger partial charge in [0.15, 0.2) is 0 Å². The lowest BCUT2D eigenvalue weighted by Crippen LogP contribution is -2.41. The van der Waals surface area contributed by atoms with Crippen LogP contribution in [0.2, 0.25) is 0 Å². The molecule has 0 bridgehead atoms. The molecule has 0 spiro atoms. The number of quaternary nitrogens is 1. The Hall–Kier alpha value is -2.85. The number of carbonyl (C=O) groups is 1. The third kappa shape index (κ3) is 6.61. The molecule has 3 aromatic rings. The Labute approximate surface area is 173 Å². The van der Waals surface area contributed by atoms with Crippen molar-refractivity contribution < 1.29 is 14.0 Å². The van der Waals surface area contributed by atoms with Crippen molar-refractivity contribution in [2.45, 2.75) is 12.8 Å². The molecule has 0 aliphatic heterocycles. The molecule has 4 heteroatoms. The van der Waals surface area contributed by atoms with Crippen molar-refractivity contribution >= 4 is 16.7 Å². The monoisotopic (exact) mass is 391 g/mol. The minimum atomic E-state index is -0.0263. The molecule has 0 aromatic heterocycles. The predicted octanol–water partition coefficient (Wildman–Crippen LogP) is 4.29. The van der Waals surface area contributed by atoms with Crippen LogP contribution in [0.3, 0.4) is 0 Å². The summed E-state index contributed by atoms with van der Waals surface area (Å²) in [5, 5.41) is 5.12. The molecular formula is C25H31N2O2+. The molecule has 0 heterocycles. The van der Waals surface area contributed by atoms with Crippen molar-refractivity contribution in [2.24, 2.45) is 0 Å². The van der Waals surface area contributed by atoms with Crippen LogP contribution in [0.15, 0.2) is 66.7 Å². The van der Waals surface area contributed by atoms with Gasteiger partial charge in [-0.1, -0.05) is 42.5 Å². The summed E-state index contributed by atoms with van der Waals surface area (Å²) in [6.07, 6.45) is 2.00. The number of fused-ring (bicyclic) bond motifs is 1. The molecule has 152 valence electrons. The topological polar surface area (TPSA) is 38.3 Å². The van der Waals surface area contributed by atoms with Crippen molar-refractivity contribution in [3.63, 3.8) is 0 Å². The largest absolute Gasteiger partial charge is 0.494 e. The average molecular weight is 392 g/mol. The van der Waals surface area contributed by atoms with E-state index < -0.39 is 0 Å². The van der Waals surface area contributed by atoms with Crippen LogP contribution in [0.5, 0.6) is 5.75 Å². The molecule has 0 saturated heterocycles. The zero-order valence-electron chi connectivity index (χ0n) is 17.7. The molecule has 0 fully saturated rings. The van der Waals surface area contributed by atoms with Crippen LogP contribution >= 0.6 is 0 Å². The number of benzene rings is 3. The standard InChI is InChI=1S/C25H30N2O2/c1-27(2,3)16-15-26-25(28)23-12-11-22-19-24(14-13-21(22)18-23)29-17-7-10-20-8-5-4-6-9-20/h4-6,8-9,11-14,18-19H,7,10,15-17H2,1-3H3/p+1. The Morgan fingerprint density at radius 3 is 2.41 bits per heavy atom. The minimum absolute atomic E-state index is 0.0263. The zero-order valence-corrected chi connectivity index (χ0v) is 17.7. The molecule has 0 aliphatic carbocycles. The molecule has 4 nitrogen and oxygen atoms in total. The van der Waals surface area contributed by atoms with Gasteiger partial charge in [0, 0.05) is 5.56 Å². The zero-order chi connectivity index (χ0) is 20.7. The number of hydrogen-bond donors (Lipinski definition) is 1. The molecule has 29 heavy (non-hydrogen) atoms. The third-order valence-electron chi connectivity index (χ3n) is 4.86. The molecule has 3 rings (SSSR count). The first-order valence-electron chi connectivity index (χ1n) is 10.2. The van der Waals surface area contributed by atoms with E-state index in [0.717, 1.165) is 40.4 Å². The highest BCUT2D eigenvalue weighted by atomic mass is 16.5. The van der Waals surface area contributed by atoms with Crippen molar-refractivity contribution in [2.75, 3.05) is 40.8 Å². The first-order chi connectivity index (χ1) is 13.9. The fraction of sp³-hybridized carbons (Fsp3) is 0.320. The molecule has 0 saturated carbocycles. The van der Waals surface area contributed by atoms with Crippen LogP contribution in [-0.2, 0) is 6.42 Å². The van der Waals surface area contributed by atoms with E-state index in [0.29, 0.717) is 18.7 Å². The van der Waals surface area contributed by atoms with Gasteiger partial charge in [-0.25, -0.2) is 0 Å². The Balaban J connectivity index is 1.54. The summed E-state index contributed by atoms with van der Waals surface area (Å²) in [5.74, 6) is 0.840. The molecule has 0 atom stereocenters. The highest BCUT2D eigenvalue weighted by molar-refractivity contribution is 5.98. The maximum atomic E-state index is 12.4. The van der Waals surface area contributed by atoms with E-state index in [1.54, 1.807) is 0 Å². The number of amides is 1. The molecule has 3 aromatic carbocycles. The molecule has 0 unspecified atom stereocenters.